The maximum absolute atomic E-state index is 2.75. The van der Waals surface area contributed by atoms with Crippen LogP contribution in [0.2, 0.25) is 0 Å². The van der Waals surface area contributed by atoms with Crippen molar-refractivity contribution in [1.29, 1.82) is 0 Å². The molecule has 298 valence electrons. The second-order valence-corrected chi connectivity index (χ2v) is 20.0. The molecule has 0 amide bonds. The first-order chi connectivity index (χ1) is 31.3. The Bertz CT molecular complexity index is 3220. The molecule has 4 saturated carbocycles. The number of hydrogen-bond donors (Lipinski definition) is 0. The van der Waals surface area contributed by atoms with Gasteiger partial charge in [0.2, 0.25) is 0 Å². The highest BCUT2D eigenvalue weighted by Crippen LogP contribution is 2.71. The normalized spacial score (nSPS) is 24.6. The number of nitrogens with zero attached hydrogens (tertiary/aromatic N) is 3. The lowest BCUT2D eigenvalue weighted by Gasteiger charge is -2.64. The predicted octanol–water partition coefficient (Wildman–Crippen LogP) is 12.3. The topological polar surface area (TPSA) is 9.72 Å². The number of rotatable bonds is 1. The minimum absolute atomic E-state index is 0.0565. The van der Waals surface area contributed by atoms with Crippen LogP contribution in [0, 0.1) is 23.7 Å². The van der Waals surface area contributed by atoms with E-state index >= 15 is 0 Å². The molecule has 2 spiro atoms. The van der Waals surface area contributed by atoms with Crippen molar-refractivity contribution in [2.24, 2.45) is 23.7 Å². The molecular weight excluding hydrogens is 761 g/mol. The van der Waals surface area contributed by atoms with Gasteiger partial charge in [-0.15, -0.1) is 0 Å². The molecule has 0 unspecified atom stereocenters. The molecule has 4 fully saturated rings. The highest BCUT2D eigenvalue weighted by molar-refractivity contribution is 7.00. The van der Waals surface area contributed by atoms with Crippen LogP contribution in [0.5, 0.6) is 0 Å². The summed E-state index contributed by atoms with van der Waals surface area (Å²) in [7, 11) is 0. The van der Waals surface area contributed by atoms with Gasteiger partial charge in [-0.3, -0.25) is 0 Å². The molecule has 0 saturated heterocycles. The van der Waals surface area contributed by atoms with E-state index in [0.717, 1.165) is 11.8 Å². The zero-order chi connectivity index (χ0) is 40.8. The number of fused-ring (bicyclic) bond motifs is 15. The highest BCUT2D eigenvalue weighted by atomic mass is 15.2. The lowest BCUT2D eigenvalue weighted by Crippen LogP contribution is -2.65. The van der Waals surface area contributed by atoms with Gasteiger partial charge in [-0.25, -0.2) is 0 Å². The monoisotopic (exact) mass is 805 g/mol. The quantitative estimate of drug-likeness (QED) is 0.153. The van der Waals surface area contributed by atoms with E-state index in [-0.39, 0.29) is 12.1 Å². The molecular formula is C59H44BN3. The average Bonchev–Trinajstić information content (AvgIpc) is 3.34. The molecule has 63 heavy (non-hydrogen) atoms. The summed E-state index contributed by atoms with van der Waals surface area (Å²) in [5.74, 6) is 3.19. The van der Waals surface area contributed by atoms with Crippen LogP contribution < -0.4 is 31.1 Å². The van der Waals surface area contributed by atoms with Crippen LogP contribution in [-0.2, 0) is 10.8 Å². The van der Waals surface area contributed by atoms with E-state index in [1.807, 2.05) is 0 Å². The summed E-state index contributed by atoms with van der Waals surface area (Å²) >= 11 is 0. The van der Waals surface area contributed by atoms with Gasteiger partial charge >= 0.3 is 0 Å². The summed E-state index contributed by atoms with van der Waals surface area (Å²) in [4.78, 5) is 7.91. The third kappa shape index (κ3) is 3.79. The molecule has 0 N–H and O–H groups in total. The molecule has 3 nitrogen and oxygen atoms in total. The molecule has 9 aliphatic rings. The van der Waals surface area contributed by atoms with Crippen molar-refractivity contribution >= 4 is 74.3 Å². The first kappa shape index (κ1) is 33.8. The minimum Gasteiger partial charge on any atom is -0.311 e. The van der Waals surface area contributed by atoms with Crippen LogP contribution in [0.15, 0.2) is 182 Å². The number of para-hydroxylation sites is 7. The van der Waals surface area contributed by atoms with Gasteiger partial charge in [-0.2, -0.15) is 0 Å². The van der Waals surface area contributed by atoms with E-state index in [1.165, 1.54) is 122 Å². The van der Waals surface area contributed by atoms with Crippen LogP contribution in [0.25, 0.3) is 0 Å². The molecule has 4 heteroatoms. The minimum atomic E-state index is -0.584. The summed E-state index contributed by atoms with van der Waals surface area (Å²) in [6.45, 7) is 0.0879. The van der Waals surface area contributed by atoms with Crippen LogP contribution in [-0.4, -0.2) is 6.71 Å². The van der Waals surface area contributed by atoms with Crippen LogP contribution in [0.3, 0.4) is 0 Å². The van der Waals surface area contributed by atoms with Crippen molar-refractivity contribution in [1.82, 2.24) is 0 Å². The maximum atomic E-state index is 2.75. The molecule has 0 atom stereocenters. The first-order valence-corrected chi connectivity index (χ1v) is 23.5. The Morgan fingerprint density at radius 2 is 0.841 bits per heavy atom. The van der Waals surface area contributed by atoms with Gasteiger partial charge in [0, 0.05) is 33.9 Å². The fourth-order valence-corrected chi connectivity index (χ4v) is 15.9. The zero-order valence-electron chi connectivity index (χ0n) is 35.1. The standard InChI is InChI=1S/C59H44BN3/c1-2-15-40(16-3-1)61-49-24-9-5-18-42(49)59(43-19-6-10-25-50(43)61)44-20-7-12-27-52(44)62-53-28-13-8-22-47(53)60-48-23-14-21-45-56(48)63(54-30-29-46(59)57(62)55(54)60)51-26-11-4-17-41(51)58(45)38-32-36-31-37(34-38)35-39(58)33-36/h1-30,36-39H,31-35H2. The van der Waals surface area contributed by atoms with Crippen LogP contribution in [0.4, 0.5) is 51.2 Å². The highest BCUT2D eigenvalue weighted by Gasteiger charge is 2.63. The van der Waals surface area contributed by atoms with Gasteiger partial charge in [0.05, 0.1) is 28.2 Å². The Labute approximate surface area is 369 Å². The molecule has 8 aromatic carbocycles. The van der Waals surface area contributed by atoms with Crippen LogP contribution >= 0.6 is 0 Å². The van der Waals surface area contributed by atoms with Crippen molar-refractivity contribution in [3.63, 3.8) is 0 Å². The van der Waals surface area contributed by atoms with Gasteiger partial charge in [-0.1, -0.05) is 133 Å². The molecule has 5 heterocycles. The predicted molar refractivity (Wildman–Crippen MR) is 258 cm³/mol. The van der Waals surface area contributed by atoms with Gasteiger partial charge in [0.15, 0.2) is 0 Å². The molecule has 5 aliphatic heterocycles. The van der Waals surface area contributed by atoms with Crippen molar-refractivity contribution < 1.29 is 0 Å². The summed E-state index contributed by atoms with van der Waals surface area (Å²) in [6, 6.07) is 70.5. The zero-order valence-corrected chi connectivity index (χ0v) is 35.1. The lowest BCUT2D eigenvalue weighted by atomic mass is 9.32. The first-order valence-electron chi connectivity index (χ1n) is 23.5. The lowest BCUT2D eigenvalue weighted by molar-refractivity contribution is -0.0419. The van der Waals surface area contributed by atoms with E-state index in [1.54, 1.807) is 11.1 Å². The number of hydrogen-bond acceptors (Lipinski definition) is 3. The van der Waals surface area contributed by atoms with Gasteiger partial charge in [-0.05, 0) is 154 Å². The van der Waals surface area contributed by atoms with E-state index in [9.17, 15) is 0 Å². The van der Waals surface area contributed by atoms with E-state index in [2.05, 4.69) is 197 Å². The molecule has 4 aliphatic carbocycles. The van der Waals surface area contributed by atoms with E-state index in [4.69, 9.17) is 0 Å². The van der Waals surface area contributed by atoms with Crippen molar-refractivity contribution in [2.45, 2.75) is 42.9 Å². The molecule has 4 bridgehead atoms. The average molecular weight is 806 g/mol. The second kappa shape index (κ2) is 11.6. The third-order valence-corrected chi connectivity index (χ3v) is 17.6. The largest absolute Gasteiger partial charge is 0.311 e. The van der Waals surface area contributed by atoms with Crippen molar-refractivity contribution in [3.05, 3.63) is 215 Å². The fraction of sp³-hybridized carbons (Fsp3) is 0.186. The SMILES string of the molecule is c1ccc(N2c3ccccc3C3(c4ccccc42)c2ccccc2N2c4ccccc4B4c5cccc6c5N(c5ccccc5C65C6CC7CC(C6)CC5C7)c5ccc3c2c54)cc1. The number of anilines is 9. The summed E-state index contributed by atoms with van der Waals surface area (Å²) in [5, 5.41) is 0. The van der Waals surface area contributed by atoms with Crippen LogP contribution in [0.1, 0.15) is 65.5 Å². The van der Waals surface area contributed by atoms with Crippen molar-refractivity contribution in [3.8, 4) is 0 Å². The van der Waals surface area contributed by atoms with E-state index in [0.29, 0.717) is 11.8 Å². The van der Waals surface area contributed by atoms with Gasteiger partial charge < -0.3 is 14.7 Å². The molecule has 17 rings (SSSR count). The van der Waals surface area contributed by atoms with Crippen molar-refractivity contribution in [2.75, 3.05) is 14.7 Å². The maximum Gasteiger partial charge on any atom is 0.252 e. The Hall–Kier alpha value is -6.78. The summed E-state index contributed by atoms with van der Waals surface area (Å²) in [6.07, 6.45) is 6.97. The molecule has 0 aromatic heterocycles. The fourth-order valence-electron chi connectivity index (χ4n) is 15.9. The third-order valence-electron chi connectivity index (χ3n) is 17.6. The molecule has 0 radical (unpaired) electrons. The Kier molecular flexibility index (Phi) is 6.23. The Morgan fingerprint density at radius 1 is 0.349 bits per heavy atom. The Morgan fingerprint density at radius 3 is 1.49 bits per heavy atom. The second-order valence-electron chi connectivity index (χ2n) is 20.0. The summed E-state index contributed by atoms with van der Waals surface area (Å²) in [5.41, 5.74) is 24.0. The smallest absolute Gasteiger partial charge is 0.252 e. The molecule has 8 aromatic rings. The van der Waals surface area contributed by atoms with Gasteiger partial charge in [0.25, 0.3) is 6.71 Å². The summed E-state index contributed by atoms with van der Waals surface area (Å²) < 4.78 is 0. The number of benzene rings is 8. The Balaban J connectivity index is 1.04. The van der Waals surface area contributed by atoms with Gasteiger partial charge in [0.1, 0.15) is 0 Å². The van der Waals surface area contributed by atoms with E-state index < -0.39 is 5.41 Å².